The summed E-state index contributed by atoms with van der Waals surface area (Å²) in [5, 5.41) is 14.0. The molecule has 2 aromatic rings. The molecule has 2 heterocycles. The number of aliphatic carboxylic acids is 1. The molecule has 2 rings (SSSR count). The quantitative estimate of drug-likeness (QED) is 0.870. The summed E-state index contributed by atoms with van der Waals surface area (Å²) in [7, 11) is 0. The SMILES string of the molecule is Cc1nc(-c2nc(C(N)C(=O)O)cs2)cs1. The van der Waals surface area contributed by atoms with Gasteiger partial charge in [-0.1, -0.05) is 0 Å². The summed E-state index contributed by atoms with van der Waals surface area (Å²) in [5.41, 5.74) is 6.61. The third-order valence-corrected chi connectivity index (χ3v) is 3.60. The van der Waals surface area contributed by atoms with E-state index < -0.39 is 12.0 Å². The number of rotatable bonds is 3. The van der Waals surface area contributed by atoms with Gasteiger partial charge in [0.05, 0.1) is 10.7 Å². The molecule has 0 aliphatic heterocycles. The first kappa shape index (κ1) is 11.2. The van der Waals surface area contributed by atoms with Crippen molar-refractivity contribution in [2.45, 2.75) is 13.0 Å². The molecule has 0 saturated heterocycles. The molecule has 5 nitrogen and oxygen atoms in total. The molecule has 0 saturated carbocycles. The molecular weight excluding hydrogens is 246 g/mol. The Morgan fingerprint density at radius 2 is 2.19 bits per heavy atom. The van der Waals surface area contributed by atoms with Crippen LogP contribution in [0.3, 0.4) is 0 Å². The molecule has 0 bridgehead atoms. The molecule has 0 radical (unpaired) electrons. The van der Waals surface area contributed by atoms with Gasteiger partial charge in [0.25, 0.3) is 0 Å². The normalized spacial score (nSPS) is 12.6. The van der Waals surface area contributed by atoms with E-state index in [1.807, 2.05) is 12.3 Å². The third-order valence-electron chi connectivity index (χ3n) is 1.94. The van der Waals surface area contributed by atoms with Crippen LogP contribution < -0.4 is 5.73 Å². The minimum atomic E-state index is -1.08. The fourth-order valence-corrected chi connectivity index (χ4v) is 2.62. The first-order chi connectivity index (χ1) is 7.58. The lowest BCUT2D eigenvalue weighted by Crippen LogP contribution is -2.20. The van der Waals surface area contributed by atoms with Crippen LogP contribution in [0.1, 0.15) is 16.7 Å². The third kappa shape index (κ3) is 2.11. The zero-order valence-corrected chi connectivity index (χ0v) is 10.0. The fourth-order valence-electron chi connectivity index (χ4n) is 1.13. The van der Waals surface area contributed by atoms with E-state index >= 15 is 0 Å². The van der Waals surface area contributed by atoms with E-state index in [-0.39, 0.29) is 0 Å². The number of carboxylic acids is 1. The highest BCUT2D eigenvalue weighted by atomic mass is 32.1. The van der Waals surface area contributed by atoms with Gasteiger partial charge in [0.15, 0.2) is 0 Å². The van der Waals surface area contributed by atoms with Crippen LogP contribution in [0.2, 0.25) is 0 Å². The number of nitrogens with zero attached hydrogens (tertiary/aromatic N) is 2. The molecular formula is C9H9N3O2S2. The molecule has 0 fully saturated rings. The Morgan fingerprint density at radius 1 is 1.44 bits per heavy atom. The summed E-state index contributed by atoms with van der Waals surface area (Å²) in [6, 6.07) is -1.07. The largest absolute Gasteiger partial charge is 0.480 e. The van der Waals surface area contributed by atoms with E-state index in [2.05, 4.69) is 9.97 Å². The van der Waals surface area contributed by atoms with Crippen molar-refractivity contribution in [3.63, 3.8) is 0 Å². The smallest absolute Gasteiger partial charge is 0.326 e. The second kappa shape index (κ2) is 4.28. The topological polar surface area (TPSA) is 89.1 Å². The van der Waals surface area contributed by atoms with E-state index in [4.69, 9.17) is 10.8 Å². The van der Waals surface area contributed by atoms with Crippen LogP contribution in [-0.2, 0) is 4.79 Å². The van der Waals surface area contributed by atoms with Gasteiger partial charge in [0.1, 0.15) is 16.7 Å². The van der Waals surface area contributed by atoms with Crippen LogP contribution >= 0.6 is 22.7 Å². The average Bonchev–Trinajstić information content (AvgIpc) is 2.84. The van der Waals surface area contributed by atoms with Gasteiger partial charge < -0.3 is 10.8 Å². The number of nitrogens with two attached hydrogens (primary N) is 1. The number of hydrogen-bond donors (Lipinski definition) is 2. The van der Waals surface area contributed by atoms with Crippen LogP contribution in [0.5, 0.6) is 0 Å². The van der Waals surface area contributed by atoms with E-state index in [1.165, 1.54) is 22.7 Å². The lowest BCUT2D eigenvalue weighted by molar-refractivity contribution is -0.138. The molecule has 7 heteroatoms. The fraction of sp³-hybridized carbons (Fsp3) is 0.222. The predicted octanol–water partition coefficient (Wildman–Crippen LogP) is 1.66. The molecule has 1 unspecified atom stereocenters. The summed E-state index contributed by atoms with van der Waals surface area (Å²) in [5.74, 6) is -1.08. The number of aromatic nitrogens is 2. The summed E-state index contributed by atoms with van der Waals surface area (Å²) in [4.78, 5) is 19.1. The zero-order valence-electron chi connectivity index (χ0n) is 8.38. The van der Waals surface area contributed by atoms with Crippen molar-refractivity contribution >= 4 is 28.6 Å². The average molecular weight is 255 g/mol. The van der Waals surface area contributed by atoms with Gasteiger partial charge in [-0.25, -0.2) is 9.97 Å². The van der Waals surface area contributed by atoms with Crippen LogP contribution in [0.25, 0.3) is 10.7 Å². The molecule has 16 heavy (non-hydrogen) atoms. The first-order valence-electron chi connectivity index (χ1n) is 4.44. The Balaban J connectivity index is 2.29. The summed E-state index contributed by atoms with van der Waals surface area (Å²) >= 11 is 2.88. The van der Waals surface area contributed by atoms with Crippen molar-refractivity contribution in [1.82, 2.24) is 9.97 Å². The van der Waals surface area contributed by atoms with Crippen molar-refractivity contribution in [3.8, 4) is 10.7 Å². The summed E-state index contributed by atoms with van der Waals surface area (Å²) in [6.07, 6.45) is 0. The summed E-state index contributed by atoms with van der Waals surface area (Å²) in [6.45, 7) is 1.91. The Morgan fingerprint density at radius 3 is 2.75 bits per heavy atom. The van der Waals surface area contributed by atoms with Gasteiger partial charge in [-0.3, -0.25) is 4.79 Å². The number of hydrogen-bond acceptors (Lipinski definition) is 6. The van der Waals surface area contributed by atoms with Crippen molar-refractivity contribution in [2.75, 3.05) is 0 Å². The number of carbonyl (C=O) groups is 1. The van der Waals surface area contributed by atoms with E-state index in [9.17, 15) is 4.79 Å². The zero-order chi connectivity index (χ0) is 11.7. The van der Waals surface area contributed by atoms with Gasteiger partial charge in [-0.15, -0.1) is 22.7 Å². The molecule has 0 spiro atoms. The van der Waals surface area contributed by atoms with Gasteiger partial charge in [0.2, 0.25) is 0 Å². The van der Waals surface area contributed by atoms with Crippen LogP contribution in [0.4, 0.5) is 0 Å². The van der Waals surface area contributed by atoms with Gasteiger partial charge in [-0.05, 0) is 6.92 Å². The highest BCUT2D eigenvalue weighted by Crippen LogP contribution is 2.26. The van der Waals surface area contributed by atoms with Crippen molar-refractivity contribution in [2.24, 2.45) is 5.73 Å². The lowest BCUT2D eigenvalue weighted by atomic mass is 10.2. The highest BCUT2D eigenvalue weighted by Gasteiger charge is 2.18. The van der Waals surface area contributed by atoms with E-state index in [0.717, 1.165) is 10.7 Å². The Hall–Kier alpha value is -1.31. The number of aryl methyl sites for hydroxylation is 1. The Bertz CT molecular complexity index is 520. The second-order valence-electron chi connectivity index (χ2n) is 3.15. The first-order valence-corrected chi connectivity index (χ1v) is 6.20. The second-order valence-corrected chi connectivity index (χ2v) is 5.07. The molecule has 2 aromatic heterocycles. The van der Waals surface area contributed by atoms with Crippen molar-refractivity contribution in [1.29, 1.82) is 0 Å². The standard InChI is InChI=1S/C9H9N3O2S2/c1-4-11-6(3-15-4)8-12-5(2-16-8)7(10)9(13)14/h2-3,7H,10H2,1H3,(H,13,14). The Labute approximate surface area is 99.6 Å². The minimum absolute atomic E-state index is 0.373. The Kier molecular flexibility index (Phi) is 2.99. The lowest BCUT2D eigenvalue weighted by Gasteiger charge is -1.99. The molecule has 0 aliphatic carbocycles. The van der Waals surface area contributed by atoms with Crippen LogP contribution in [-0.4, -0.2) is 21.0 Å². The molecule has 84 valence electrons. The monoisotopic (exact) mass is 255 g/mol. The van der Waals surface area contributed by atoms with E-state index in [1.54, 1.807) is 5.38 Å². The maximum Gasteiger partial charge on any atom is 0.326 e. The van der Waals surface area contributed by atoms with E-state index in [0.29, 0.717) is 10.7 Å². The van der Waals surface area contributed by atoms with Crippen molar-refractivity contribution in [3.05, 3.63) is 21.5 Å². The van der Waals surface area contributed by atoms with Gasteiger partial charge in [0, 0.05) is 10.8 Å². The van der Waals surface area contributed by atoms with Crippen LogP contribution in [0.15, 0.2) is 10.8 Å². The summed E-state index contributed by atoms with van der Waals surface area (Å²) < 4.78 is 0. The minimum Gasteiger partial charge on any atom is -0.480 e. The molecule has 0 aromatic carbocycles. The van der Waals surface area contributed by atoms with Gasteiger partial charge >= 0.3 is 5.97 Å². The highest BCUT2D eigenvalue weighted by molar-refractivity contribution is 7.14. The molecule has 3 N–H and O–H groups in total. The molecule has 1 atom stereocenters. The van der Waals surface area contributed by atoms with Crippen LogP contribution in [0, 0.1) is 6.92 Å². The maximum atomic E-state index is 10.7. The van der Waals surface area contributed by atoms with Gasteiger partial charge in [-0.2, -0.15) is 0 Å². The number of carboxylic acid groups (broad SMARTS) is 1. The van der Waals surface area contributed by atoms with Crippen molar-refractivity contribution < 1.29 is 9.90 Å². The predicted molar refractivity (Wildman–Crippen MR) is 62.5 cm³/mol. The molecule has 0 aliphatic rings. The number of thiazole rings is 2. The molecule has 0 amide bonds. The maximum absolute atomic E-state index is 10.7.